The van der Waals surface area contributed by atoms with Crippen molar-refractivity contribution in [2.45, 2.75) is 33.1 Å². The Balaban J connectivity index is 2.08. The van der Waals surface area contributed by atoms with Crippen LogP contribution in [0.3, 0.4) is 0 Å². The van der Waals surface area contributed by atoms with E-state index in [0.29, 0.717) is 0 Å². The Labute approximate surface area is 52.3 Å². The van der Waals surface area contributed by atoms with Crippen LogP contribution >= 0.6 is 0 Å². The predicted molar refractivity (Wildman–Crippen MR) is 36.5 cm³/mol. The second-order valence-corrected chi connectivity index (χ2v) is 2.96. The summed E-state index contributed by atoms with van der Waals surface area (Å²) in [6, 6.07) is 0. The summed E-state index contributed by atoms with van der Waals surface area (Å²) >= 11 is 0. The van der Waals surface area contributed by atoms with Crippen LogP contribution in [0.25, 0.3) is 0 Å². The first kappa shape index (κ1) is 6.12. The molecule has 0 aromatic rings. The lowest BCUT2D eigenvalue weighted by Crippen LogP contribution is -2.22. The first-order chi connectivity index (χ1) is 3.84. The Morgan fingerprint density at radius 3 is 2.38 bits per heavy atom. The average molecular weight is 111 g/mol. The van der Waals surface area contributed by atoms with Crippen molar-refractivity contribution >= 4 is 0 Å². The van der Waals surface area contributed by atoms with Gasteiger partial charge in [-0.15, -0.1) is 0 Å². The monoisotopic (exact) mass is 111 g/mol. The normalized spacial score (nSPS) is 36.8. The van der Waals surface area contributed by atoms with E-state index in [1.54, 1.807) is 0 Å². The van der Waals surface area contributed by atoms with Crippen molar-refractivity contribution in [1.29, 1.82) is 0 Å². The summed E-state index contributed by atoms with van der Waals surface area (Å²) in [5.41, 5.74) is 0. The fourth-order valence-electron chi connectivity index (χ4n) is 1.39. The zero-order chi connectivity index (χ0) is 5.98. The zero-order valence-corrected chi connectivity index (χ0v) is 5.85. The molecule has 0 heterocycles. The Kier molecular flexibility index (Phi) is 1.93. The molecule has 0 nitrogen and oxygen atoms in total. The minimum Gasteiger partial charge on any atom is -0.0622 e. The van der Waals surface area contributed by atoms with Crippen LogP contribution in [0.15, 0.2) is 0 Å². The molecule has 0 amide bonds. The highest BCUT2D eigenvalue weighted by Gasteiger charge is 2.24. The maximum Gasteiger partial charge on any atom is -0.0386 e. The van der Waals surface area contributed by atoms with Gasteiger partial charge in [-0.3, -0.25) is 0 Å². The van der Waals surface area contributed by atoms with Crippen LogP contribution in [0.4, 0.5) is 0 Å². The van der Waals surface area contributed by atoms with Crippen LogP contribution in [0.2, 0.25) is 0 Å². The van der Waals surface area contributed by atoms with Crippen molar-refractivity contribution in [1.82, 2.24) is 0 Å². The highest BCUT2D eigenvalue weighted by Crippen LogP contribution is 2.36. The van der Waals surface area contributed by atoms with E-state index >= 15 is 0 Å². The lowest BCUT2D eigenvalue weighted by molar-refractivity contribution is 0.194. The van der Waals surface area contributed by atoms with Crippen LogP contribution in [0, 0.1) is 18.3 Å². The summed E-state index contributed by atoms with van der Waals surface area (Å²) in [5.74, 6) is 2.06. The van der Waals surface area contributed by atoms with E-state index in [0.717, 1.165) is 11.8 Å². The van der Waals surface area contributed by atoms with Gasteiger partial charge in [0.15, 0.2) is 0 Å². The smallest absolute Gasteiger partial charge is 0.0386 e. The van der Waals surface area contributed by atoms with E-state index in [4.69, 9.17) is 0 Å². The number of hydrogen-bond donors (Lipinski definition) is 0. The van der Waals surface area contributed by atoms with Gasteiger partial charge in [-0.05, 0) is 31.1 Å². The minimum atomic E-state index is 1.02. The van der Waals surface area contributed by atoms with Gasteiger partial charge in [-0.25, -0.2) is 0 Å². The van der Waals surface area contributed by atoms with Crippen LogP contribution in [0.1, 0.15) is 33.1 Å². The largest absolute Gasteiger partial charge is 0.0622 e. The molecule has 0 bridgehead atoms. The fraction of sp³-hybridized carbons (Fsp3) is 0.875. The summed E-state index contributed by atoms with van der Waals surface area (Å²) in [6.07, 6.45) is 6.59. The first-order valence-corrected chi connectivity index (χ1v) is 3.62. The van der Waals surface area contributed by atoms with E-state index in [9.17, 15) is 0 Å². The van der Waals surface area contributed by atoms with Crippen molar-refractivity contribution < 1.29 is 0 Å². The third-order valence-electron chi connectivity index (χ3n) is 2.34. The minimum absolute atomic E-state index is 1.02. The molecule has 0 aromatic carbocycles. The van der Waals surface area contributed by atoms with Crippen molar-refractivity contribution in [2.24, 2.45) is 11.8 Å². The molecule has 8 heavy (non-hydrogen) atoms. The highest BCUT2D eigenvalue weighted by atomic mass is 14.3. The van der Waals surface area contributed by atoms with Gasteiger partial charge < -0.3 is 0 Å². The Hall–Kier alpha value is 0. The summed E-state index contributed by atoms with van der Waals surface area (Å²) < 4.78 is 0. The van der Waals surface area contributed by atoms with Crippen LogP contribution in [-0.4, -0.2) is 0 Å². The molecule has 0 aromatic heterocycles. The third kappa shape index (κ3) is 1.04. The lowest BCUT2D eigenvalue weighted by Gasteiger charge is -2.33. The zero-order valence-electron chi connectivity index (χ0n) is 5.85. The molecule has 0 heteroatoms. The summed E-state index contributed by atoms with van der Waals surface area (Å²) in [4.78, 5) is 0. The Bertz CT molecular complexity index is 66.4. The predicted octanol–water partition coefficient (Wildman–Crippen LogP) is 2.65. The summed E-state index contributed by atoms with van der Waals surface area (Å²) in [7, 11) is 0. The SMILES string of the molecule is C[CH]C[C@H]1CC[C@H]1C. The van der Waals surface area contributed by atoms with Gasteiger partial charge in [-0.1, -0.05) is 20.3 Å². The molecule has 47 valence electrons. The molecule has 1 aliphatic rings. The molecule has 1 aliphatic carbocycles. The second kappa shape index (κ2) is 2.52. The summed E-state index contributed by atoms with van der Waals surface area (Å²) in [5, 5.41) is 0. The second-order valence-electron chi connectivity index (χ2n) is 2.96. The third-order valence-corrected chi connectivity index (χ3v) is 2.34. The number of hydrogen-bond acceptors (Lipinski definition) is 0. The standard InChI is InChI=1S/C8H15/c1-3-4-8-6-5-7(8)2/h3,7-8H,4-6H2,1-2H3/t7-,8+/m1/s1. The van der Waals surface area contributed by atoms with E-state index < -0.39 is 0 Å². The number of rotatable bonds is 2. The van der Waals surface area contributed by atoms with Gasteiger partial charge in [0.2, 0.25) is 0 Å². The molecular weight excluding hydrogens is 96.1 g/mol. The fourth-order valence-corrected chi connectivity index (χ4v) is 1.39. The average Bonchev–Trinajstić information content (AvgIpc) is 1.79. The summed E-state index contributed by atoms with van der Waals surface area (Å²) in [6.45, 7) is 4.52. The van der Waals surface area contributed by atoms with Gasteiger partial charge in [-0.2, -0.15) is 0 Å². The molecule has 1 saturated carbocycles. The van der Waals surface area contributed by atoms with E-state index in [-0.39, 0.29) is 0 Å². The van der Waals surface area contributed by atoms with E-state index in [2.05, 4.69) is 20.3 Å². The molecule has 0 N–H and O–H groups in total. The molecular formula is C8H15. The van der Waals surface area contributed by atoms with Gasteiger partial charge in [0.1, 0.15) is 0 Å². The van der Waals surface area contributed by atoms with Crippen LogP contribution < -0.4 is 0 Å². The van der Waals surface area contributed by atoms with E-state index in [1.165, 1.54) is 19.3 Å². The maximum absolute atomic E-state index is 2.36. The van der Waals surface area contributed by atoms with Crippen molar-refractivity contribution in [3.8, 4) is 0 Å². The molecule has 2 atom stereocenters. The van der Waals surface area contributed by atoms with Crippen molar-refractivity contribution in [3.63, 3.8) is 0 Å². The molecule has 0 spiro atoms. The molecule has 0 aliphatic heterocycles. The van der Waals surface area contributed by atoms with Crippen LogP contribution in [-0.2, 0) is 0 Å². The van der Waals surface area contributed by atoms with Gasteiger partial charge in [0.05, 0.1) is 0 Å². The van der Waals surface area contributed by atoms with Gasteiger partial charge in [0.25, 0.3) is 0 Å². The molecule has 1 fully saturated rings. The van der Waals surface area contributed by atoms with Crippen molar-refractivity contribution in [3.05, 3.63) is 6.42 Å². The molecule has 1 rings (SSSR count). The Morgan fingerprint density at radius 1 is 1.50 bits per heavy atom. The maximum atomic E-state index is 2.36. The quantitative estimate of drug-likeness (QED) is 0.514. The van der Waals surface area contributed by atoms with Crippen molar-refractivity contribution in [2.75, 3.05) is 0 Å². The topological polar surface area (TPSA) is 0 Å². The molecule has 0 unspecified atom stereocenters. The lowest BCUT2D eigenvalue weighted by atomic mass is 9.73. The molecule has 1 radical (unpaired) electrons. The molecule has 0 saturated heterocycles. The highest BCUT2D eigenvalue weighted by molar-refractivity contribution is 4.80. The Morgan fingerprint density at radius 2 is 2.25 bits per heavy atom. The van der Waals surface area contributed by atoms with Gasteiger partial charge in [0, 0.05) is 0 Å². The van der Waals surface area contributed by atoms with Crippen LogP contribution in [0.5, 0.6) is 0 Å². The first-order valence-electron chi connectivity index (χ1n) is 3.62. The van der Waals surface area contributed by atoms with Gasteiger partial charge >= 0.3 is 0 Å². The van der Waals surface area contributed by atoms with E-state index in [1.807, 2.05) is 0 Å².